The maximum Gasteiger partial charge on any atom is 0.128 e. The van der Waals surface area contributed by atoms with Gasteiger partial charge in [0, 0.05) is 24.0 Å². The van der Waals surface area contributed by atoms with Crippen LogP contribution < -0.4 is 10.1 Å². The van der Waals surface area contributed by atoms with Gasteiger partial charge in [0.2, 0.25) is 0 Å². The molecule has 0 atom stereocenters. The second-order valence-electron chi connectivity index (χ2n) is 3.80. The van der Waals surface area contributed by atoms with Crippen molar-refractivity contribution >= 4 is 22.5 Å². The summed E-state index contributed by atoms with van der Waals surface area (Å²) in [6.07, 6.45) is 0.889. The van der Waals surface area contributed by atoms with Gasteiger partial charge in [0.25, 0.3) is 0 Å². The third-order valence-corrected chi connectivity index (χ3v) is 2.98. The normalized spacial score (nSPS) is 10.8. The molecule has 1 aromatic carbocycles. The zero-order valence-electron chi connectivity index (χ0n) is 9.96. The predicted octanol–water partition coefficient (Wildman–Crippen LogP) is 2.66. The minimum atomic E-state index is 0.659. The summed E-state index contributed by atoms with van der Waals surface area (Å²) in [6.45, 7) is 0.903. The monoisotopic (exact) mass is 250 g/mol. The Bertz CT molecular complexity index is 528. The summed E-state index contributed by atoms with van der Waals surface area (Å²) in [5.41, 5.74) is 1.83. The average molecular weight is 251 g/mol. The highest BCUT2D eigenvalue weighted by Gasteiger charge is 2.07. The number of pyridine rings is 1. The molecule has 1 aromatic heterocycles. The van der Waals surface area contributed by atoms with E-state index >= 15 is 0 Å². The van der Waals surface area contributed by atoms with Crippen molar-refractivity contribution in [2.24, 2.45) is 0 Å². The lowest BCUT2D eigenvalue weighted by Gasteiger charge is -2.08. The predicted molar refractivity (Wildman–Crippen MR) is 70.9 cm³/mol. The van der Waals surface area contributed by atoms with Crippen molar-refractivity contribution in [3.63, 3.8) is 0 Å². The molecule has 0 unspecified atom stereocenters. The molecular weight excluding hydrogens is 236 g/mol. The van der Waals surface area contributed by atoms with Gasteiger partial charge in [0.15, 0.2) is 0 Å². The molecule has 4 heteroatoms. The summed E-state index contributed by atoms with van der Waals surface area (Å²) in [7, 11) is 3.58. The van der Waals surface area contributed by atoms with Crippen LogP contribution in [-0.2, 0) is 6.42 Å². The molecule has 0 aliphatic rings. The van der Waals surface area contributed by atoms with Gasteiger partial charge in [-0.15, -0.1) is 0 Å². The van der Waals surface area contributed by atoms with Crippen LogP contribution in [0.1, 0.15) is 5.69 Å². The summed E-state index contributed by atoms with van der Waals surface area (Å²) in [5.74, 6) is 0.803. The van der Waals surface area contributed by atoms with Gasteiger partial charge < -0.3 is 10.1 Å². The fourth-order valence-electron chi connectivity index (χ4n) is 1.77. The van der Waals surface area contributed by atoms with Crippen LogP contribution in [0.15, 0.2) is 24.3 Å². The molecule has 1 heterocycles. The van der Waals surface area contributed by atoms with Gasteiger partial charge in [0.05, 0.1) is 17.6 Å². The minimum Gasteiger partial charge on any atom is -0.496 e. The average Bonchev–Trinajstić information content (AvgIpc) is 2.37. The molecule has 17 heavy (non-hydrogen) atoms. The van der Waals surface area contributed by atoms with Gasteiger partial charge in [-0.05, 0) is 31.3 Å². The molecule has 0 aliphatic heterocycles. The van der Waals surface area contributed by atoms with E-state index in [1.807, 2.05) is 31.3 Å². The Morgan fingerprint density at radius 2 is 2.12 bits per heavy atom. The number of rotatable bonds is 4. The second-order valence-corrected chi connectivity index (χ2v) is 4.21. The molecule has 0 bridgehead atoms. The molecule has 0 saturated heterocycles. The van der Waals surface area contributed by atoms with Crippen LogP contribution in [0.4, 0.5) is 0 Å². The first-order valence-electron chi connectivity index (χ1n) is 5.53. The van der Waals surface area contributed by atoms with E-state index in [9.17, 15) is 0 Å². The summed E-state index contributed by atoms with van der Waals surface area (Å²) >= 11 is 6.16. The second kappa shape index (κ2) is 5.34. The van der Waals surface area contributed by atoms with Crippen molar-refractivity contribution in [1.82, 2.24) is 10.3 Å². The molecule has 1 N–H and O–H groups in total. The lowest BCUT2D eigenvalue weighted by atomic mass is 10.1. The molecule has 3 nitrogen and oxygen atoms in total. The Hall–Kier alpha value is -1.32. The van der Waals surface area contributed by atoms with E-state index in [1.165, 1.54) is 0 Å². The molecule has 2 rings (SSSR count). The molecule has 0 aliphatic carbocycles. The minimum absolute atomic E-state index is 0.659. The molecule has 0 amide bonds. The maximum absolute atomic E-state index is 6.16. The Morgan fingerprint density at radius 1 is 1.29 bits per heavy atom. The Kier molecular flexibility index (Phi) is 3.82. The largest absolute Gasteiger partial charge is 0.496 e. The first-order chi connectivity index (χ1) is 8.26. The van der Waals surface area contributed by atoms with Crippen molar-refractivity contribution in [1.29, 1.82) is 0 Å². The fraction of sp³-hybridized carbons (Fsp3) is 0.308. The van der Waals surface area contributed by atoms with Gasteiger partial charge in [-0.2, -0.15) is 0 Å². The van der Waals surface area contributed by atoms with Crippen molar-refractivity contribution in [3.8, 4) is 5.75 Å². The van der Waals surface area contributed by atoms with Crippen molar-refractivity contribution in [2.75, 3.05) is 20.7 Å². The van der Waals surface area contributed by atoms with E-state index < -0.39 is 0 Å². The summed E-state index contributed by atoms with van der Waals surface area (Å²) in [4.78, 5) is 4.57. The zero-order valence-corrected chi connectivity index (χ0v) is 10.7. The number of benzene rings is 1. The van der Waals surface area contributed by atoms with E-state index in [0.29, 0.717) is 5.02 Å². The van der Waals surface area contributed by atoms with E-state index in [4.69, 9.17) is 16.3 Å². The molecular formula is C13H15ClN2O. The fourth-order valence-corrected chi connectivity index (χ4v) is 1.98. The number of fused-ring (bicyclic) bond motifs is 1. The SMILES string of the molecule is CNCCc1ccc2c(OC)ccc(Cl)c2n1. The van der Waals surface area contributed by atoms with Crippen LogP contribution in [-0.4, -0.2) is 25.7 Å². The van der Waals surface area contributed by atoms with Crippen molar-refractivity contribution in [3.05, 3.63) is 35.0 Å². The number of likely N-dealkylation sites (N-methyl/N-ethyl adjacent to an activating group) is 1. The number of nitrogens with one attached hydrogen (secondary N) is 1. The van der Waals surface area contributed by atoms with Gasteiger partial charge in [-0.1, -0.05) is 11.6 Å². The van der Waals surface area contributed by atoms with Crippen molar-refractivity contribution in [2.45, 2.75) is 6.42 Å². The topological polar surface area (TPSA) is 34.1 Å². The maximum atomic E-state index is 6.16. The molecule has 90 valence electrons. The molecule has 0 saturated carbocycles. The van der Waals surface area contributed by atoms with Gasteiger partial charge >= 0.3 is 0 Å². The van der Waals surface area contributed by atoms with Crippen LogP contribution >= 0.6 is 11.6 Å². The number of aromatic nitrogens is 1. The van der Waals surface area contributed by atoms with Crippen LogP contribution in [0, 0.1) is 0 Å². The van der Waals surface area contributed by atoms with Crippen molar-refractivity contribution < 1.29 is 4.74 Å². The number of halogens is 1. The first-order valence-corrected chi connectivity index (χ1v) is 5.91. The highest BCUT2D eigenvalue weighted by atomic mass is 35.5. The Balaban J connectivity index is 2.49. The molecule has 2 aromatic rings. The third-order valence-electron chi connectivity index (χ3n) is 2.68. The number of hydrogen-bond donors (Lipinski definition) is 1. The van der Waals surface area contributed by atoms with E-state index in [2.05, 4.69) is 10.3 Å². The molecule has 0 fully saturated rings. The summed E-state index contributed by atoms with van der Waals surface area (Å²) in [5, 5.41) is 4.72. The number of nitrogens with zero attached hydrogens (tertiary/aromatic N) is 1. The van der Waals surface area contributed by atoms with Gasteiger partial charge in [-0.25, -0.2) is 0 Å². The van der Waals surface area contributed by atoms with Gasteiger partial charge in [0.1, 0.15) is 5.75 Å². The highest BCUT2D eigenvalue weighted by molar-refractivity contribution is 6.35. The highest BCUT2D eigenvalue weighted by Crippen LogP contribution is 2.30. The van der Waals surface area contributed by atoms with Crippen LogP contribution in [0.25, 0.3) is 10.9 Å². The smallest absolute Gasteiger partial charge is 0.128 e. The molecule has 0 spiro atoms. The lowest BCUT2D eigenvalue weighted by Crippen LogP contribution is -2.11. The number of hydrogen-bond acceptors (Lipinski definition) is 3. The van der Waals surface area contributed by atoms with Crippen LogP contribution in [0.5, 0.6) is 5.75 Å². The standard InChI is InChI=1S/C13H15ClN2O/c1-15-8-7-9-3-4-10-12(17-2)6-5-11(14)13(10)16-9/h3-6,15H,7-8H2,1-2H3. The number of methoxy groups -OCH3 is 1. The third kappa shape index (κ3) is 2.51. The van der Waals surface area contributed by atoms with E-state index in [1.54, 1.807) is 7.11 Å². The zero-order chi connectivity index (χ0) is 12.3. The van der Waals surface area contributed by atoms with Gasteiger partial charge in [-0.3, -0.25) is 4.98 Å². The molecule has 0 radical (unpaired) electrons. The Morgan fingerprint density at radius 3 is 2.82 bits per heavy atom. The summed E-state index contributed by atoms with van der Waals surface area (Å²) in [6, 6.07) is 7.70. The number of ether oxygens (including phenoxy) is 1. The van der Waals surface area contributed by atoms with Crippen LogP contribution in [0.2, 0.25) is 5.02 Å². The Labute approximate surface area is 106 Å². The first kappa shape index (κ1) is 12.1. The summed E-state index contributed by atoms with van der Waals surface area (Å²) < 4.78 is 5.29. The van der Waals surface area contributed by atoms with E-state index in [-0.39, 0.29) is 0 Å². The van der Waals surface area contributed by atoms with Crippen LogP contribution in [0.3, 0.4) is 0 Å². The van der Waals surface area contributed by atoms with E-state index in [0.717, 1.165) is 35.3 Å². The quantitative estimate of drug-likeness (QED) is 0.906. The lowest BCUT2D eigenvalue weighted by molar-refractivity contribution is 0.419.